The van der Waals surface area contributed by atoms with Crippen LogP contribution < -0.4 is 4.90 Å². The van der Waals surface area contributed by atoms with Gasteiger partial charge < -0.3 is 4.74 Å². The standard InChI is InChI=1S/C20H33N3O2/c1-7-23(19(24)25-20(4,5)6)18-16(10-8-12-21-18)17-11-9-13-22(17)14-15(2)3/h8,10,12,15,17H,7,9,11,13-14H2,1-6H3/t17-/m1/s1. The third-order valence-corrected chi connectivity index (χ3v) is 4.32. The van der Waals surface area contributed by atoms with Gasteiger partial charge in [-0.15, -0.1) is 0 Å². The smallest absolute Gasteiger partial charge is 0.415 e. The quantitative estimate of drug-likeness (QED) is 0.778. The van der Waals surface area contributed by atoms with Crippen molar-refractivity contribution in [3.63, 3.8) is 0 Å². The predicted molar refractivity (Wildman–Crippen MR) is 102 cm³/mol. The fourth-order valence-corrected chi connectivity index (χ4v) is 3.44. The molecule has 1 aromatic heterocycles. The van der Waals surface area contributed by atoms with Crippen LogP contribution in [0.5, 0.6) is 0 Å². The number of likely N-dealkylation sites (tertiary alicyclic amines) is 1. The number of nitrogens with zero attached hydrogens (tertiary/aromatic N) is 3. The van der Waals surface area contributed by atoms with Gasteiger partial charge in [0.05, 0.1) is 0 Å². The first kappa shape index (κ1) is 19.7. The number of carbonyl (C=O) groups is 1. The predicted octanol–water partition coefficient (Wildman–Crippen LogP) is 4.64. The maximum Gasteiger partial charge on any atom is 0.415 e. The molecule has 1 aliphatic rings. The van der Waals surface area contributed by atoms with Crippen molar-refractivity contribution in [3.05, 3.63) is 23.9 Å². The minimum Gasteiger partial charge on any atom is -0.443 e. The summed E-state index contributed by atoms with van der Waals surface area (Å²) in [7, 11) is 0. The summed E-state index contributed by atoms with van der Waals surface area (Å²) in [4.78, 5) is 21.4. The van der Waals surface area contributed by atoms with Crippen LogP contribution in [-0.2, 0) is 4.74 Å². The van der Waals surface area contributed by atoms with Gasteiger partial charge >= 0.3 is 6.09 Å². The molecule has 0 aromatic carbocycles. The fourth-order valence-electron chi connectivity index (χ4n) is 3.44. The lowest BCUT2D eigenvalue weighted by molar-refractivity contribution is 0.0580. The maximum absolute atomic E-state index is 12.7. The van der Waals surface area contributed by atoms with E-state index in [0.717, 1.165) is 30.9 Å². The lowest BCUT2D eigenvalue weighted by Gasteiger charge is -2.31. The van der Waals surface area contributed by atoms with Gasteiger partial charge in [0.25, 0.3) is 0 Å². The molecule has 0 unspecified atom stereocenters. The number of carbonyl (C=O) groups excluding carboxylic acids is 1. The number of rotatable bonds is 5. The molecular weight excluding hydrogens is 314 g/mol. The van der Waals surface area contributed by atoms with Crippen LogP contribution >= 0.6 is 0 Å². The van der Waals surface area contributed by atoms with Crippen molar-refractivity contribution in [2.75, 3.05) is 24.5 Å². The molecular formula is C20H33N3O2. The summed E-state index contributed by atoms with van der Waals surface area (Å²) in [6.45, 7) is 14.8. The molecule has 0 N–H and O–H groups in total. The van der Waals surface area contributed by atoms with Crippen molar-refractivity contribution < 1.29 is 9.53 Å². The molecule has 0 spiro atoms. The topological polar surface area (TPSA) is 45.7 Å². The molecule has 5 nitrogen and oxygen atoms in total. The second-order valence-corrected chi connectivity index (χ2v) is 8.19. The Kier molecular flexibility index (Phi) is 6.44. The highest BCUT2D eigenvalue weighted by atomic mass is 16.6. The number of anilines is 1. The first-order valence-electron chi connectivity index (χ1n) is 9.42. The Morgan fingerprint density at radius 1 is 1.44 bits per heavy atom. The van der Waals surface area contributed by atoms with Crippen molar-refractivity contribution in [1.82, 2.24) is 9.88 Å². The lowest BCUT2D eigenvalue weighted by atomic mass is 10.0. The van der Waals surface area contributed by atoms with E-state index < -0.39 is 5.60 Å². The molecule has 2 rings (SSSR count). The Labute approximate surface area is 152 Å². The monoisotopic (exact) mass is 347 g/mol. The molecule has 1 fully saturated rings. The van der Waals surface area contributed by atoms with Gasteiger partial charge in [-0.25, -0.2) is 9.78 Å². The molecule has 1 atom stereocenters. The molecule has 2 heterocycles. The first-order chi connectivity index (χ1) is 11.7. The number of ether oxygens (including phenoxy) is 1. The molecule has 25 heavy (non-hydrogen) atoms. The minimum atomic E-state index is -0.517. The Morgan fingerprint density at radius 3 is 2.76 bits per heavy atom. The van der Waals surface area contributed by atoms with Crippen LogP contribution in [0.15, 0.2) is 18.3 Å². The summed E-state index contributed by atoms with van der Waals surface area (Å²) in [5.41, 5.74) is 0.615. The molecule has 1 amide bonds. The highest BCUT2D eigenvalue weighted by Gasteiger charge is 2.32. The molecule has 1 aromatic rings. The van der Waals surface area contributed by atoms with Crippen molar-refractivity contribution in [2.24, 2.45) is 5.92 Å². The van der Waals surface area contributed by atoms with Crippen molar-refractivity contribution >= 4 is 11.9 Å². The van der Waals surface area contributed by atoms with Crippen molar-refractivity contribution in [1.29, 1.82) is 0 Å². The normalized spacial score (nSPS) is 18.6. The summed E-state index contributed by atoms with van der Waals surface area (Å²) in [6.07, 6.45) is 3.72. The second kappa shape index (κ2) is 8.17. The molecule has 0 radical (unpaired) electrons. The summed E-state index contributed by atoms with van der Waals surface area (Å²) in [5, 5.41) is 0. The van der Waals surface area contributed by atoms with E-state index in [0.29, 0.717) is 18.5 Å². The average Bonchev–Trinajstić information content (AvgIpc) is 2.94. The van der Waals surface area contributed by atoms with E-state index >= 15 is 0 Å². The maximum atomic E-state index is 12.7. The van der Waals surface area contributed by atoms with Gasteiger partial charge in [0.2, 0.25) is 0 Å². The number of hydrogen-bond donors (Lipinski definition) is 0. The Morgan fingerprint density at radius 2 is 2.16 bits per heavy atom. The van der Waals surface area contributed by atoms with E-state index in [-0.39, 0.29) is 6.09 Å². The van der Waals surface area contributed by atoms with Crippen molar-refractivity contribution in [3.8, 4) is 0 Å². The van der Waals surface area contributed by atoms with E-state index in [4.69, 9.17) is 4.74 Å². The van der Waals surface area contributed by atoms with Gasteiger partial charge in [-0.1, -0.05) is 19.9 Å². The zero-order valence-corrected chi connectivity index (χ0v) is 16.6. The molecule has 1 aliphatic heterocycles. The van der Waals surface area contributed by atoms with E-state index in [1.165, 1.54) is 6.42 Å². The molecule has 1 saturated heterocycles. The van der Waals surface area contributed by atoms with Gasteiger partial charge in [-0.3, -0.25) is 9.80 Å². The molecule has 5 heteroatoms. The third kappa shape index (κ3) is 5.18. The van der Waals surface area contributed by atoms with E-state index in [1.807, 2.05) is 33.8 Å². The molecule has 0 saturated carbocycles. The first-order valence-corrected chi connectivity index (χ1v) is 9.42. The number of hydrogen-bond acceptors (Lipinski definition) is 4. The summed E-state index contributed by atoms with van der Waals surface area (Å²) in [5.74, 6) is 1.36. The zero-order valence-electron chi connectivity index (χ0n) is 16.6. The minimum absolute atomic E-state index is 0.322. The van der Waals surface area contributed by atoms with Gasteiger partial charge in [-0.05, 0) is 59.1 Å². The third-order valence-electron chi connectivity index (χ3n) is 4.32. The fraction of sp³-hybridized carbons (Fsp3) is 0.700. The van der Waals surface area contributed by atoms with Gasteiger partial charge in [0.15, 0.2) is 0 Å². The SMILES string of the molecule is CCN(C(=O)OC(C)(C)C)c1ncccc1[C@H]1CCCN1CC(C)C. The van der Waals surface area contributed by atoms with Crippen LogP contribution in [0.4, 0.5) is 10.6 Å². The van der Waals surface area contributed by atoms with Crippen LogP contribution in [-0.4, -0.2) is 41.2 Å². The van der Waals surface area contributed by atoms with Crippen LogP contribution in [0.25, 0.3) is 0 Å². The zero-order chi connectivity index (χ0) is 18.6. The largest absolute Gasteiger partial charge is 0.443 e. The molecule has 140 valence electrons. The van der Waals surface area contributed by atoms with Gasteiger partial charge in [0, 0.05) is 30.9 Å². The highest BCUT2D eigenvalue weighted by molar-refractivity contribution is 5.87. The van der Waals surface area contributed by atoms with Crippen LogP contribution in [0.1, 0.15) is 66.0 Å². The number of pyridine rings is 1. The van der Waals surface area contributed by atoms with Gasteiger partial charge in [0.1, 0.15) is 11.4 Å². The van der Waals surface area contributed by atoms with Crippen LogP contribution in [0.2, 0.25) is 0 Å². The summed E-state index contributed by atoms with van der Waals surface area (Å²) < 4.78 is 5.59. The lowest BCUT2D eigenvalue weighted by Crippen LogP contribution is -2.38. The Hall–Kier alpha value is -1.62. The Balaban J connectivity index is 2.31. The van der Waals surface area contributed by atoms with Crippen molar-refractivity contribution in [2.45, 2.75) is 66.0 Å². The van der Waals surface area contributed by atoms with E-state index in [9.17, 15) is 4.79 Å². The number of aromatic nitrogens is 1. The van der Waals surface area contributed by atoms with Crippen LogP contribution in [0.3, 0.4) is 0 Å². The molecule has 0 bridgehead atoms. The van der Waals surface area contributed by atoms with E-state index in [1.54, 1.807) is 11.1 Å². The average molecular weight is 348 g/mol. The van der Waals surface area contributed by atoms with Crippen LogP contribution in [0, 0.1) is 5.92 Å². The summed E-state index contributed by atoms with van der Waals surface area (Å²) in [6, 6.07) is 4.40. The Bertz CT molecular complexity index is 581. The summed E-state index contributed by atoms with van der Waals surface area (Å²) >= 11 is 0. The highest BCUT2D eigenvalue weighted by Crippen LogP contribution is 2.37. The van der Waals surface area contributed by atoms with Gasteiger partial charge in [-0.2, -0.15) is 0 Å². The number of amides is 1. The second-order valence-electron chi connectivity index (χ2n) is 8.19. The van der Waals surface area contributed by atoms with E-state index in [2.05, 4.69) is 29.8 Å². The molecule has 0 aliphatic carbocycles.